The van der Waals surface area contributed by atoms with Crippen LogP contribution in [0.1, 0.15) is 16.1 Å². The van der Waals surface area contributed by atoms with E-state index in [0.717, 1.165) is 11.3 Å². The molecule has 0 fully saturated rings. The van der Waals surface area contributed by atoms with Crippen molar-refractivity contribution < 1.29 is 17.9 Å². The second-order valence-electron chi connectivity index (χ2n) is 3.78. The lowest BCUT2D eigenvalue weighted by molar-refractivity contribution is 0.0600. The Morgan fingerprint density at radius 3 is 2.90 bits per heavy atom. The van der Waals surface area contributed by atoms with Crippen LogP contribution in [-0.4, -0.2) is 26.5 Å². The van der Waals surface area contributed by atoms with Crippen molar-refractivity contribution in [3.05, 3.63) is 47.1 Å². The zero-order valence-corrected chi connectivity index (χ0v) is 12.2. The van der Waals surface area contributed by atoms with Gasteiger partial charge in [0.25, 0.3) is 0 Å². The molecule has 0 amide bonds. The molecule has 1 N–H and O–H groups in total. The Bertz CT molecular complexity index is 696. The molecule has 0 radical (unpaired) electrons. The number of nitrogens with zero attached hydrogens (tertiary/aromatic N) is 1. The van der Waals surface area contributed by atoms with E-state index >= 15 is 0 Å². The number of esters is 1. The normalized spacial score (nSPS) is 11.2. The molecule has 0 atom stereocenters. The second kappa shape index (κ2) is 6.12. The fourth-order valence-electron chi connectivity index (χ4n) is 1.48. The smallest absolute Gasteiger partial charge is 0.337 e. The molecular weight excluding hydrogens is 300 g/mol. The van der Waals surface area contributed by atoms with Crippen LogP contribution in [0.15, 0.2) is 40.1 Å². The SMILES string of the molecule is COC(=O)c1ccnc(CNS(=O)(=O)c2cccs2)c1. The van der Waals surface area contributed by atoms with E-state index in [-0.39, 0.29) is 10.8 Å². The molecule has 8 heteroatoms. The van der Waals surface area contributed by atoms with Crippen molar-refractivity contribution in [2.75, 3.05) is 7.11 Å². The van der Waals surface area contributed by atoms with E-state index < -0.39 is 16.0 Å². The summed E-state index contributed by atoms with van der Waals surface area (Å²) in [6.45, 7) is 0.00503. The van der Waals surface area contributed by atoms with Gasteiger partial charge in [0.05, 0.1) is 24.9 Å². The first-order valence-corrected chi connectivity index (χ1v) is 7.95. The van der Waals surface area contributed by atoms with E-state index in [1.165, 1.54) is 31.5 Å². The first kappa shape index (κ1) is 14.6. The van der Waals surface area contributed by atoms with Gasteiger partial charge in [-0.05, 0) is 23.6 Å². The molecule has 0 saturated carbocycles. The van der Waals surface area contributed by atoms with Crippen LogP contribution >= 0.6 is 11.3 Å². The number of thiophene rings is 1. The van der Waals surface area contributed by atoms with Crippen molar-refractivity contribution in [2.45, 2.75) is 10.8 Å². The van der Waals surface area contributed by atoms with Gasteiger partial charge in [-0.15, -0.1) is 11.3 Å². The number of hydrogen-bond donors (Lipinski definition) is 1. The predicted octanol–water partition coefficient (Wildman–Crippen LogP) is 1.41. The largest absolute Gasteiger partial charge is 0.465 e. The number of hydrogen-bond acceptors (Lipinski definition) is 6. The van der Waals surface area contributed by atoms with E-state index in [1.807, 2.05) is 0 Å². The summed E-state index contributed by atoms with van der Waals surface area (Å²) >= 11 is 1.13. The molecule has 20 heavy (non-hydrogen) atoms. The molecule has 0 aromatic carbocycles. The molecule has 106 valence electrons. The number of aromatic nitrogens is 1. The number of sulfonamides is 1. The fraction of sp³-hybridized carbons (Fsp3) is 0.167. The summed E-state index contributed by atoms with van der Waals surface area (Å²) in [5.74, 6) is -0.491. The molecule has 2 aromatic heterocycles. The van der Waals surface area contributed by atoms with Gasteiger partial charge in [0.1, 0.15) is 4.21 Å². The summed E-state index contributed by atoms with van der Waals surface area (Å²) < 4.78 is 31.1. The third-order valence-corrected chi connectivity index (χ3v) is 5.24. The highest BCUT2D eigenvalue weighted by atomic mass is 32.2. The Morgan fingerprint density at radius 1 is 1.45 bits per heavy atom. The van der Waals surface area contributed by atoms with Crippen molar-refractivity contribution in [3.63, 3.8) is 0 Å². The van der Waals surface area contributed by atoms with E-state index in [1.54, 1.807) is 11.4 Å². The summed E-state index contributed by atoms with van der Waals surface area (Å²) in [5, 5.41) is 1.69. The molecule has 0 bridgehead atoms. The highest BCUT2D eigenvalue weighted by Gasteiger charge is 2.15. The summed E-state index contributed by atoms with van der Waals surface area (Å²) in [5.41, 5.74) is 0.765. The maximum absolute atomic E-state index is 11.9. The lowest BCUT2D eigenvalue weighted by Crippen LogP contribution is -2.23. The first-order valence-electron chi connectivity index (χ1n) is 5.59. The van der Waals surface area contributed by atoms with Crippen LogP contribution in [0.4, 0.5) is 0 Å². The second-order valence-corrected chi connectivity index (χ2v) is 6.73. The molecule has 0 unspecified atom stereocenters. The summed E-state index contributed by atoms with van der Waals surface area (Å²) in [7, 11) is -2.26. The van der Waals surface area contributed by atoms with E-state index in [9.17, 15) is 13.2 Å². The standard InChI is InChI=1S/C12H12N2O4S2/c1-18-12(15)9-4-5-13-10(7-9)8-14-20(16,17)11-3-2-6-19-11/h2-7,14H,8H2,1H3. The average Bonchev–Trinajstić information content (AvgIpc) is 3.00. The van der Waals surface area contributed by atoms with Crippen molar-refractivity contribution in [1.82, 2.24) is 9.71 Å². The van der Waals surface area contributed by atoms with Crippen molar-refractivity contribution in [3.8, 4) is 0 Å². The number of carbonyl (C=O) groups is 1. The van der Waals surface area contributed by atoms with Gasteiger partial charge in [0, 0.05) is 6.20 Å². The summed E-state index contributed by atoms with van der Waals surface area (Å²) in [4.78, 5) is 15.4. The highest BCUT2D eigenvalue weighted by molar-refractivity contribution is 7.91. The third-order valence-electron chi connectivity index (χ3n) is 2.44. The molecule has 2 rings (SSSR count). The van der Waals surface area contributed by atoms with Crippen LogP contribution < -0.4 is 4.72 Å². The molecule has 0 saturated heterocycles. The van der Waals surface area contributed by atoms with Crippen molar-refractivity contribution >= 4 is 27.3 Å². The minimum atomic E-state index is -3.54. The van der Waals surface area contributed by atoms with Gasteiger partial charge in [-0.25, -0.2) is 17.9 Å². The maximum atomic E-state index is 11.9. The molecule has 0 aliphatic rings. The monoisotopic (exact) mass is 312 g/mol. The zero-order valence-electron chi connectivity index (χ0n) is 10.6. The Kier molecular flexibility index (Phi) is 4.48. The number of nitrogens with one attached hydrogen (secondary N) is 1. The molecule has 6 nitrogen and oxygen atoms in total. The number of methoxy groups -OCH3 is 1. The average molecular weight is 312 g/mol. The van der Waals surface area contributed by atoms with Crippen molar-refractivity contribution in [1.29, 1.82) is 0 Å². The zero-order chi connectivity index (χ0) is 14.6. The van der Waals surface area contributed by atoms with Gasteiger partial charge >= 0.3 is 5.97 Å². The van der Waals surface area contributed by atoms with Crippen molar-refractivity contribution in [2.24, 2.45) is 0 Å². The van der Waals surface area contributed by atoms with Gasteiger partial charge in [0.2, 0.25) is 10.0 Å². The molecule has 0 aliphatic heterocycles. The topological polar surface area (TPSA) is 85.4 Å². The lowest BCUT2D eigenvalue weighted by atomic mass is 10.2. The van der Waals surface area contributed by atoms with E-state index in [2.05, 4.69) is 14.4 Å². The Hall–Kier alpha value is -1.77. The van der Waals surface area contributed by atoms with Crippen LogP contribution in [0.25, 0.3) is 0 Å². The van der Waals surface area contributed by atoms with Crippen LogP contribution in [0, 0.1) is 0 Å². The van der Waals surface area contributed by atoms with Gasteiger partial charge in [-0.2, -0.15) is 0 Å². The maximum Gasteiger partial charge on any atom is 0.337 e. The van der Waals surface area contributed by atoms with Gasteiger partial charge in [-0.3, -0.25) is 4.98 Å². The van der Waals surface area contributed by atoms with Crippen LogP contribution in [0.3, 0.4) is 0 Å². The molecule has 0 aliphatic carbocycles. The van der Waals surface area contributed by atoms with E-state index in [4.69, 9.17) is 0 Å². The number of pyridine rings is 1. The Morgan fingerprint density at radius 2 is 2.25 bits per heavy atom. The highest BCUT2D eigenvalue weighted by Crippen LogP contribution is 2.15. The van der Waals surface area contributed by atoms with Gasteiger partial charge in [-0.1, -0.05) is 6.07 Å². The Labute approximate surface area is 120 Å². The lowest BCUT2D eigenvalue weighted by Gasteiger charge is -2.05. The van der Waals surface area contributed by atoms with Gasteiger partial charge in [0.15, 0.2) is 0 Å². The third kappa shape index (κ3) is 3.41. The van der Waals surface area contributed by atoms with Crippen LogP contribution in [0.5, 0.6) is 0 Å². The van der Waals surface area contributed by atoms with E-state index in [0.29, 0.717) is 11.3 Å². The fourth-order valence-corrected chi connectivity index (χ4v) is 3.51. The number of carbonyl (C=O) groups excluding carboxylic acids is 1. The minimum Gasteiger partial charge on any atom is -0.465 e. The first-order chi connectivity index (χ1) is 9.53. The Balaban J connectivity index is 2.10. The summed E-state index contributed by atoms with van der Waals surface area (Å²) in [6, 6.07) is 6.17. The minimum absolute atomic E-state index is 0.00503. The molecular formula is C12H12N2O4S2. The van der Waals surface area contributed by atoms with Crippen LogP contribution in [0.2, 0.25) is 0 Å². The molecule has 2 aromatic rings. The predicted molar refractivity (Wildman–Crippen MR) is 73.9 cm³/mol. The molecule has 0 spiro atoms. The number of rotatable bonds is 5. The molecule has 2 heterocycles. The van der Waals surface area contributed by atoms with Gasteiger partial charge < -0.3 is 4.74 Å². The van der Waals surface area contributed by atoms with Crippen LogP contribution in [-0.2, 0) is 21.3 Å². The quantitative estimate of drug-likeness (QED) is 0.844. The summed E-state index contributed by atoms with van der Waals surface area (Å²) in [6.07, 6.45) is 1.43. The number of ether oxygens (including phenoxy) is 1.